The van der Waals surface area contributed by atoms with E-state index in [0.29, 0.717) is 25.1 Å². The molecule has 1 saturated heterocycles. The molecule has 0 bridgehead atoms. The summed E-state index contributed by atoms with van der Waals surface area (Å²) in [6.45, 7) is 0.808. The van der Waals surface area contributed by atoms with E-state index in [2.05, 4.69) is 5.32 Å². The molecule has 1 aliphatic rings. The third-order valence-corrected chi connectivity index (χ3v) is 5.78. The number of benzene rings is 2. The van der Waals surface area contributed by atoms with E-state index < -0.39 is 17.9 Å². The second-order valence-electron chi connectivity index (χ2n) is 7.76. The molecule has 0 saturated carbocycles. The molecule has 2 heterocycles. The van der Waals surface area contributed by atoms with Gasteiger partial charge in [0.2, 0.25) is 5.91 Å². The number of carbonyl (C=O) groups is 2. The fraction of sp³-hybridized carbons (Fsp3) is 0.333. The normalized spacial score (nSPS) is 20.7. The minimum atomic E-state index is -0.529. The minimum absolute atomic E-state index is 0.0876. The Morgan fingerprint density at radius 2 is 1.84 bits per heavy atom. The zero-order chi connectivity index (χ0) is 21.8. The number of fused-ring (bicyclic) bond motifs is 1. The molecule has 1 aliphatic heterocycles. The molecule has 0 spiro atoms. The number of nitrogens with one attached hydrogen (secondary N) is 1. The Bertz CT molecular complexity index is 1060. The predicted molar refractivity (Wildman–Crippen MR) is 118 cm³/mol. The maximum atomic E-state index is 12.9. The summed E-state index contributed by atoms with van der Waals surface area (Å²) in [6.07, 6.45) is 0.980. The molecular formula is C24H27N3O4. The van der Waals surface area contributed by atoms with Crippen LogP contribution in [0.2, 0.25) is 0 Å². The van der Waals surface area contributed by atoms with Crippen LogP contribution in [0.3, 0.4) is 0 Å². The topological polar surface area (TPSA) is 95.6 Å². The summed E-state index contributed by atoms with van der Waals surface area (Å²) in [5.41, 5.74) is 8.13. The molecule has 1 aromatic heterocycles. The van der Waals surface area contributed by atoms with Gasteiger partial charge in [-0.2, -0.15) is 0 Å². The first-order valence-electron chi connectivity index (χ1n) is 10.5. The Balaban J connectivity index is 1.68. The van der Waals surface area contributed by atoms with E-state index in [0.717, 1.165) is 16.5 Å². The first-order chi connectivity index (χ1) is 15.1. The number of esters is 1. The number of amides is 1. The fourth-order valence-electron chi connectivity index (χ4n) is 4.37. The van der Waals surface area contributed by atoms with Crippen LogP contribution < -0.4 is 11.1 Å². The average Bonchev–Trinajstić information content (AvgIpc) is 3.39. The molecule has 1 unspecified atom stereocenters. The highest BCUT2D eigenvalue weighted by Gasteiger charge is 2.40. The van der Waals surface area contributed by atoms with Crippen LogP contribution in [-0.2, 0) is 14.3 Å². The van der Waals surface area contributed by atoms with Crippen LogP contribution in [0, 0.1) is 0 Å². The van der Waals surface area contributed by atoms with Gasteiger partial charge in [0.1, 0.15) is 5.69 Å². The number of nitrogens with zero attached hydrogens (tertiary/aromatic N) is 1. The largest absolute Gasteiger partial charge is 0.461 e. The quantitative estimate of drug-likeness (QED) is 0.431. The number of aromatic nitrogens is 1. The zero-order valence-electron chi connectivity index (χ0n) is 17.5. The lowest BCUT2D eigenvalue weighted by atomic mass is 9.91. The molecule has 31 heavy (non-hydrogen) atoms. The molecule has 162 valence electrons. The van der Waals surface area contributed by atoms with Gasteiger partial charge < -0.3 is 19.8 Å². The third kappa shape index (κ3) is 4.33. The van der Waals surface area contributed by atoms with Crippen LogP contribution in [0.15, 0.2) is 60.7 Å². The second kappa shape index (κ2) is 9.32. The summed E-state index contributed by atoms with van der Waals surface area (Å²) in [5, 5.41) is 4.30. The minimum Gasteiger partial charge on any atom is -0.461 e. The van der Waals surface area contributed by atoms with Crippen LogP contribution in [0.1, 0.15) is 41.0 Å². The molecule has 1 fully saturated rings. The summed E-state index contributed by atoms with van der Waals surface area (Å²) < 4.78 is 12.4. The number of primary amides is 1. The number of para-hydroxylation sites is 1. The Kier molecular flexibility index (Phi) is 6.34. The predicted octanol–water partition coefficient (Wildman–Crippen LogP) is 2.96. The highest BCUT2D eigenvalue weighted by atomic mass is 16.5. The highest BCUT2D eigenvalue weighted by Crippen LogP contribution is 2.38. The smallest absolute Gasteiger partial charge is 0.355 e. The average molecular weight is 421 g/mol. The van der Waals surface area contributed by atoms with E-state index in [9.17, 15) is 9.59 Å². The summed E-state index contributed by atoms with van der Waals surface area (Å²) in [4.78, 5) is 25.2. The van der Waals surface area contributed by atoms with Gasteiger partial charge in [-0.1, -0.05) is 48.5 Å². The third-order valence-electron chi connectivity index (χ3n) is 5.78. The number of hydrogen-bond acceptors (Lipinski definition) is 5. The second-order valence-corrected chi connectivity index (χ2v) is 7.76. The molecule has 7 heteroatoms. The van der Waals surface area contributed by atoms with Crippen LogP contribution in [-0.4, -0.2) is 42.8 Å². The molecule has 3 N–H and O–H groups in total. The molecular weight excluding hydrogens is 394 g/mol. The first-order valence-corrected chi connectivity index (χ1v) is 10.5. The van der Waals surface area contributed by atoms with Crippen molar-refractivity contribution in [2.24, 2.45) is 5.73 Å². The number of nitrogens with two attached hydrogens (primary N) is 1. The Hall–Kier alpha value is -3.16. The lowest BCUT2D eigenvalue weighted by Gasteiger charge is -2.18. The summed E-state index contributed by atoms with van der Waals surface area (Å²) in [7, 11) is 1.61. The molecule has 2 aromatic carbocycles. The lowest BCUT2D eigenvalue weighted by molar-refractivity contribution is -0.120. The summed E-state index contributed by atoms with van der Waals surface area (Å²) in [6, 6.07) is 19.0. The van der Waals surface area contributed by atoms with Crippen molar-refractivity contribution in [1.82, 2.24) is 9.88 Å². The van der Waals surface area contributed by atoms with E-state index in [-0.39, 0.29) is 18.7 Å². The summed E-state index contributed by atoms with van der Waals surface area (Å²) in [5.74, 6) is -0.889. The molecule has 3 aromatic rings. The van der Waals surface area contributed by atoms with Gasteiger partial charge in [-0.25, -0.2) is 4.79 Å². The number of hydrogen-bond donors (Lipinski definition) is 2. The van der Waals surface area contributed by atoms with Crippen LogP contribution in [0.25, 0.3) is 10.9 Å². The molecule has 1 amide bonds. The maximum Gasteiger partial charge on any atom is 0.355 e. The number of ether oxygens (including phenoxy) is 2. The van der Waals surface area contributed by atoms with E-state index in [1.165, 1.54) is 0 Å². The zero-order valence-corrected chi connectivity index (χ0v) is 17.5. The van der Waals surface area contributed by atoms with Gasteiger partial charge in [0.15, 0.2) is 0 Å². The van der Waals surface area contributed by atoms with Crippen LogP contribution >= 0.6 is 0 Å². The molecule has 3 atom stereocenters. The number of rotatable bonds is 8. The molecule has 4 rings (SSSR count). The monoisotopic (exact) mass is 421 g/mol. The molecule has 7 nitrogen and oxygen atoms in total. The van der Waals surface area contributed by atoms with Crippen molar-refractivity contribution >= 4 is 22.8 Å². The van der Waals surface area contributed by atoms with Crippen molar-refractivity contribution in [3.63, 3.8) is 0 Å². The molecule has 0 aliphatic carbocycles. The Morgan fingerprint density at radius 1 is 1.10 bits per heavy atom. The van der Waals surface area contributed by atoms with Crippen molar-refractivity contribution in [3.05, 3.63) is 71.9 Å². The van der Waals surface area contributed by atoms with Crippen molar-refractivity contribution in [3.8, 4) is 0 Å². The van der Waals surface area contributed by atoms with E-state index in [4.69, 9.17) is 15.2 Å². The van der Waals surface area contributed by atoms with Crippen molar-refractivity contribution in [2.75, 3.05) is 20.3 Å². The molecule has 0 radical (unpaired) electrons. The van der Waals surface area contributed by atoms with Gasteiger partial charge in [0, 0.05) is 31.4 Å². The van der Waals surface area contributed by atoms with Crippen molar-refractivity contribution in [1.29, 1.82) is 0 Å². The van der Waals surface area contributed by atoms with Crippen LogP contribution in [0.5, 0.6) is 0 Å². The Labute approximate surface area is 181 Å². The van der Waals surface area contributed by atoms with Crippen LogP contribution in [0.4, 0.5) is 0 Å². The standard InChI is InChI=1S/C24H27N3O4/c1-30-12-7-13-31-24(29)20-14-17-10-5-6-11-19(17)27(20)21-15-18(22(26-21)23(25)28)16-8-3-2-4-9-16/h2-6,8-11,14,18,21-22,26H,7,12-13,15H2,1H3,(H2,25,28)/t18-,21?,22-/m0/s1. The fourth-order valence-corrected chi connectivity index (χ4v) is 4.37. The van der Waals surface area contributed by atoms with Gasteiger partial charge in [-0.3, -0.25) is 10.1 Å². The van der Waals surface area contributed by atoms with Crippen molar-refractivity contribution < 1.29 is 19.1 Å². The van der Waals surface area contributed by atoms with E-state index in [1.54, 1.807) is 7.11 Å². The van der Waals surface area contributed by atoms with Gasteiger partial charge in [0.25, 0.3) is 0 Å². The van der Waals surface area contributed by atoms with Gasteiger partial charge in [-0.05, 0) is 24.1 Å². The van der Waals surface area contributed by atoms with Gasteiger partial charge in [0.05, 0.1) is 24.3 Å². The maximum absolute atomic E-state index is 12.9. The number of methoxy groups -OCH3 is 1. The Morgan fingerprint density at radius 3 is 2.58 bits per heavy atom. The lowest BCUT2D eigenvalue weighted by Crippen LogP contribution is -2.41. The van der Waals surface area contributed by atoms with Gasteiger partial charge >= 0.3 is 5.97 Å². The SMILES string of the molecule is COCCCOC(=O)c1cc2ccccc2n1C1C[C@@H](c2ccccc2)[C@@H](C(N)=O)N1. The first kappa shape index (κ1) is 21.1. The summed E-state index contributed by atoms with van der Waals surface area (Å²) >= 11 is 0. The van der Waals surface area contributed by atoms with Crippen molar-refractivity contribution in [2.45, 2.75) is 31.0 Å². The number of carbonyl (C=O) groups excluding carboxylic acids is 2. The van der Waals surface area contributed by atoms with E-state index >= 15 is 0 Å². The van der Waals surface area contributed by atoms with E-state index in [1.807, 2.05) is 65.2 Å². The van der Waals surface area contributed by atoms with Gasteiger partial charge in [-0.15, -0.1) is 0 Å². The highest BCUT2D eigenvalue weighted by molar-refractivity contribution is 5.96.